The van der Waals surface area contributed by atoms with E-state index in [-0.39, 0.29) is 0 Å². The number of benzene rings is 1. The summed E-state index contributed by atoms with van der Waals surface area (Å²) in [6, 6.07) is 5.80. The third-order valence-corrected chi connectivity index (χ3v) is 1.91. The molecule has 0 heterocycles. The van der Waals surface area contributed by atoms with Gasteiger partial charge in [-0.1, -0.05) is 12.1 Å². The van der Waals surface area contributed by atoms with Gasteiger partial charge in [0.15, 0.2) is 0 Å². The summed E-state index contributed by atoms with van der Waals surface area (Å²) in [7, 11) is 3.65. The molecule has 0 bridgehead atoms. The molecule has 2 nitrogen and oxygen atoms in total. The van der Waals surface area contributed by atoms with Gasteiger partial charge >= 0.3 is 0 Å². The highest BCUT2D eigenvalue weighted by atomic mass is 16.3. The Labute approximate surface area is 73.2 Å². The molecule has 0 unspecified atom stereocenters. The summed E-state index contributed by atoms with van der Waals surface area (Å²) in [6.07, 6.45) is 0.956. The Bertz CT molecular complexity index is 258. The van der Waals surface area contributed by atoms with Gasteiger partial charge in [0.25, 0.3) is 0 Å². The van der Waals surface area contributed by atoms with Crippen molar-refractivity contribution in [2.45, 2.75) is 13.3 Å². The smallest absolute Gasteiger partial charge is 0.118 e. The predicted molar refractivity (Wildman–Crippen MR) is 48.7 cm³/mol. The Morgan fingerprint density at radius 1 is 1.50 bits per heavy atom. The van der Waals surface area contributed by atoms with Crippen molar-refractivity contribution in [1.29, 1.82) is 0 Å². The Hall–Kier alpha value is -1.02. The lowest BCUT2D eigenvalue weighted by Gasteiger charge is -2.03. The quantitative estimate of drug-likeness (QED) is 0.632. The number of aromatic hydroxyl groups is 1. The first kappa shape index (κ1) is 9.07. The van der Waals surface area contributed by atoms with Gasteiger partial charge in [-0.3, -0.25) is 0 Å². The zero-order valence-corrected chi connectivity index (χ0v) is 7.38. The summed E-state index contributed by atoms with van der Waals surface area (Å²) in [4.78, 5) is 0. The van der Waals surface area contributed by atoms with Crippen LogP contribution in [0.1, 0.15) is 11.1 Å². The molecule has 1 aromatic rings. The van der Waals surface area contributed by atoms with Gasteiger partial charge in [0.1, 0.15) is 5.75 Å². The van der Waals surface area contributed by atoms with Gasteiger partial charge in [-0.25, -0.2) is 0 Å². The van der Waals surface area contributed by atoms with E-state index >= 15 is 0 Å². The molecular weight excluding hydrogens is 150 g/mol. The van der Waals surface area contributed by atoms with E-state index in [1.54, 1.807) is 0 Å². The van der Waals surface area contributed by atoms with Crippen molar-refractivity contribution < 1.29 is 10.4 Å². The molecule has 1 rings (SSSR count). The Balaban J connectivity index is 2.69. The fourth-order valence-electron chi connectivity index (χ4n) is 1.08. The fraction of sp³-hybridized carbons (Fsp3) is 0.300. The van der Waals surface area contributed by atoms with Crippen LogP contribution in [0.4, 0.5) is 0 Å². The first-order valence-electron chi connectivity index (χ1n) is 4.13. The summed E-state index contributed by atoms with van der Waals surface area (Å²) < 4.78 is 0. The highest BCUT2D eigenvalue weighted by Gasteiger charge is 1.97. The summed E-state index contributed by atoms with van der Waals surface area (Å²) in [5.74, 6) is 0.386. The maximum Gasteiger partial charge on any atom is 0.118 e. The minimum absolute atomic E-state index is 0.386. The van der Waals surface area contributed by atoms with Crippen molar-refractivity contribution >= 4 is 0 Å². The molecule has 0 spiro atoms. The minimum Gasteiger partial charge on any atom is -0.508 e. The van der Waals surface area contributed by atoms with Crippen molar-refractivity contribution in [2.75, 3.05) is 6.54 Å². The van der Waals surface area contributed by atoms with E-state index in [1.807, 2.05) is 30.4 Å². The molecule has 2 heteroatoms. The molecule has 0 fully saturated rings. The number of quaternary nitrogens is 1. The molecule has 0 aliphatic heterocycles. The highest BCUT2D eigenvalue weighted by molar-refractivity contribution is 5.35. The highest BCUT2D eigenvalue weighted by Crippen LogP contribution is 2.17. The Morgan fingerprint density at radius 2 is 2.25 bits per heavy atom. The molecule has 0 saturated heterocycles. The van der Waals surface area contributed by atoms with Crippen LogP contribution in [0.2, 0.25) is 0 Å². The molecular formula is C10H15NO. The number of nitrogens with two attached hydrogens (primary N) is 1. The van der Waals surface area contributed by atoms with Crippen molar-refractivity contribution in [3.8, 4) is 5.75 Å². The van der Waals surface area contributed by atoms with Crippen molar-refractivity contribution in [3.63, 3.8) is 0 Å². The van der Waals surface area contributed by atoms with Gasteiger partial charge < -0.3 is 10.4 Å². The molecule has 0 atom stereocenters. The van der Waals surface area contributed by atoms with Gasteiger partial charge in [-0.15, -0.1) is 0 Å². The van der Waals surface area contributed by atoms with Gasteiger partial charge in [0, 0.05) is 6.42 Å². The SMILES string of the molecule is [CH2-][NH2+]CCc1ccc(C)c(O)c1. The first-order chi connectivity index (χ1) is 5.74. The van der Waals surface area contributed by atoms with Crippen LogP contribution >= 0.6 is 0 Å². The summed E-state index contributed by atoms with van der Waals surface area (Å²) in [6.45, 7) is 2.86. The van der Waals surface area contributed by atoms with Crippen LogP contribution in [-0.4, -0.2) is 11.7 Å². The monoisotopic (exact) mass is 165 g/mol. The van der Waals surface area contributed by atoms with Gasteiger partial charge in [0.05, 0.1) is 6.54 Å². The average molecular weight is 165 g/mol. The number of hydrogen-bond donors (Lipinski definition) is 2. The standard InChI is InChI=1S/C10H15NO/c1-8-3-4-9(5-6-11-2)7-10(8)12/h3-4,7,12H,2,5-6,11H2,1H3. The van der Waals surface area contributed by atoms with Crippen LogP contribution in [0.5, 0.6) is 5.75 Å². The van der Waals surface area contributed by atoms with Crippen molar-refractivity contribution in [1.82, 2.24) is 0 Å². The number of aryl methyl sites for hydroxylation is 1. The van der Waals surface area contributed by atoms with Gasteiger partial charge in [-0.2, -0.15) is 7.05 Å². The average Bonchev–Trinajstić information content (AvgIpc) is 2.07. The van der Waals surface area contributed by atoms with Crippen LogP contribution in [0.25, 0.3) is 0 Å². The zero-order chi connectivity index (χ0) is 8.97. The summed E-state index contributed by atoms with van der Waals surface area (Å²) in [5, 5.41) is 11.3. The first-order valence-corrected chi connectivity index (χ1v) is 4.13. The third kappa shape index (κ3) is 2.24. The minimum atomic E-state index is 0.386. The fourth-order valence-corrected chi connectivity index (χ4v) is 1.08. The summed E-state index contributed by atoms with van der Waals surface area (Å²) >= 11 is 0. The molecule has 0 amide bonds. The molecule has 66 valence electrons. The third-order valence-electron chi connectivity index (χ3n) is 1.91. The predicted octanol–water partition coefficient (Wildman–Crippen LogP) is 0.598. The van der Waals surface area contributed by atoms with Crippen LogP contribution in [-0.2, 0) is 6.42 Å². The van der Waals surface area contributed by atoms with Crippen LogP contribution in [0.3, 0.4) is 0 Å². The van der Waals surface area contributed by atoms with E-state index in [1.165, 1.54) is 0 Å². The molecule has 12 heavy (non-hydrogen) atoms. The van der Waals surface area contributed by atoms with E-state index < -0.39 is 0 Å². The Kier molecular flexibility index (Phi) is 3.11. The second kappa shape index (κ2) is 4.12. The lowest BCUT2D eigenvalue weighted by atomic mass is 10.1. The Morgan fingerprint density at radius 3 is 2.83 bits per heavy atom. The van der Waals surface area contributed by atoms with Crippen molar-refractivity contribution in [2.24, 2.45) is 0 Å². The zero-order valence-electron chi connectivity index (χ0n) is 7.38. The van der Waals surface area contributed by atoms with E-state index in [4.69, 9.17) is 0 Å². The van der Waals surface area contributed by atoms with E-state index in [0.29, 0.717) is 5.75 Å². The molecule has 1 aromatic carbocycles. The number of phenols is 1. The lowest BCUT2D eigenvalue weighted by molar-refractivity contribution is -0.594. The van der Waals surface area contributed by atoms with E-state index in [2.05, 4.69) is 7.05 Å². The summed E-state index contributed by atoms with van der Waals surface area (Å²) in [5.41, 5.74) is 2.09. The van der Waals surface area contributed by atoms with Crippen LogP contribution in [0, 0.1) is 14.0 Å². The second-order valence-electron chi connectivity index (χ2n) is 2.95. The van der Waals surface area contributed by atoms with Crippen LogP contribution in [0.15, 0.2) is 18.2 Å². The lowest BCUT2D eigenvalue weighted by Crippen LogP contribution is -2.77. The van der Waals surface area contributed by atoms with E-state index in [9.17, 15) is 5.11 Å². The maximum atomic E-state index is 9.37. The maximum absolute atomic E-state index is 9.37. The molecule has 0 saturated carbocycles. The topological polar surface area (TPSA) is 36.8 Å². The normalized spacial score (nSPS) is 10.2. The van der Waals surface area contributed by atoms with Gasteiger partial charge in [-0.05, 0) is 24.1 Å². The molecule has 0 aliphatic carbocycles. The number of rotatable bonds is 3. The van der Waals surface area contributed by atoms with Crippen LogP contribution < -0.4 is 5.32 Å². The molecule has 0 aromatic heterocycles. The number of hydrogen-bond acceptors (Lipinski definition) is 1. The molecule has 0 aliphatic rings. The van der Waals surface area contributed by atoms with Crippen molar-refractivity contribution in [3.05, 3.63) is 36.4 Å². The largest absolute Gasteiger partial charge is 0.508 e. The number of phenolic OH excluding ortho intramolecular Hbond substituents is 1. The van der Waals surface area contributed by atoms with E-state index in [0.717, 1.165) is 24.1 Å². The second-order valence-corrected chi connectivity index (χ2v) is 2.95. The molecule has 0 radical (unpaired) electrons. The molecule has 3 N–H and O–H groups in total. The van der Waals surface area contributed by atoms with Gasteiger partial charge in [0.2, 0.25) is 0 Å².